The summed E-state index contributed by atoms with van der Waals surface area (Å²) in [5.74, 6) is 2.03. The number of carbonyl (C=O) groups excluding carboxylic acids is 1. The Morgan fingerprint density at radius 1 is 1.18 bits per heavy atom. The molecule has 0 saturated carbocycles. The molecule has 2 fully saturated rings. The molecular weight excluding hydrogens is 374 g/mol. The second kappa shape index (κ2) is 9.10. The first-order chi connectivity index (χ1) is 13.7. The maximum Gasteiger partial charge on any atom is 0.236 e. The molecule has 2 aliphatic rings. The molecule has 2 aromatic rings. The van der Waals surface area contributed by atoms with E-state index in [1.807, 2.05) is 35.4 Å². The largest absolute Gasteiger partial charge is 0.445 e. The number of piperidine rings is 2. The van der Waals surface area contributed by atoms with Gasteiger partial charge in [-0.15, -0.1) is 0 Å². The van der Waals surface area contributed by atoms with Crippen LogP contribution >= 0.6 is 11.6 Å². The summed E-state index contributed by atoms with van der Waals surface area (Å²) in [4.78, 5) is 21.6. The number of rotatable bonds is 5. The van der Waals surface area contributed by atoms with E-state index in [1.54, 1.807) is 0 Å². The van der Waals surface area contributed by atoms with Gasteiger partial charge in [0.25, 0.3) is 0 Å². The number of carbonyl (C=O) groups is 1. The molecule has 0 aliphatic carbocycles. The maximum atomic E-state index is 12.7. The van der Waals surface area contributed by atoms with Crippen molar-refractivity contribution in [3.63, 3.8) is 0 Å². The second-order valence-electron chi connectivity index (χ2n) is 7.99. The first-order valence-corrected chi connectivity index (χ1v) is 10.7. The van der Waals surface area contributed by atoms with Crippen LogP contribution in [0.25, 0.3) is 0 Å². The molecule has 0 radical (unpaired) electrons. The standard InChI is InChI=1S/C22H28ClN3O2/c23-19-8-4-6-17(12-19)13-20-14-24-22(28-20)18-7-5-11-26(15-18)21(27)16-25-9-2-1-3-10-25/h4,6,8,12,14,18H,1-3,5,7,9-11,13,15-16H2/t18-/m0/s1. The number of aromatic nitrogens is 1. The van der Waals surface area contributed by atoms with Gasteiger partial charge in [0.1, 0.15) is 5.76 Å². The molecule has 0 spiro atoms. The molecule has 1 aromatic heterocycles. The average molecular weight is 402 g/mol. The molecule has 1 amide bonds. The van der Waals surface area contributed by atoms with Gasteiger partial charge in [0.15, 0.2) is 5.89 Å². The monoisotopic (exact) mass is 401 g/mol. The van der Waals surface area contributed by atoms with Crippen molar-refractivity contribution in [3.8, 4) is 0 Å². The van der Waals surface area contributed by atoms with Crippen LogP contribution in [-0.2, 0) is 11.2 Å². The summed E-state index contributed by atoms with van der Waals surface area (Å²) < 4.78 is 6.04. The minimum Gasteiger partial charge on any atom is -0.445 e. The number of oxazole rings is 1. The van der Waals surface area contributed by atoms with Crippen molar-refractivity contribution in [1.29, 1.82) is 0 Å². The molecule has 1 aromatic carbocycles. The Labute approximate surface area is 171 Å². The minimum atomic E-state index is 0.187. The molecule has 2 aliphatic heterocycles. The molecule has 4 rings (SSSR count). The van der Waals surface area contributed by atoms with Gasteiger partial charge in [-0.1, -0.05) is 30.2 Å². The van der Waals surface area contributed by atoms with E-state index < -0.39 is 0 Å². The fourth-order valence-electron chi connectivity index (χ4n) is 4.26. The fraction of sp³-hybridized carbons (Fsp3) is 0.545. The third-order valence-electron chi connectivity index (χ3n) is 5.77. The summed E-state index contributed by atoms with van der Waals surface area (Å²) >= 11 is 6.07. The van der Waals surface area contributed by atoms with Crippen LogP contribution in [0.4, 0.5) is 0 Å². The fourth-order valence-corrected chi connectivity index (χ4v) is 4.47. The van der Waals surface area contributed by atoms with E-state index >= 15 is 0 Å². The predicted molar refractivity (Wildman–Crippen MR) is 110 cm³/mol. The number of benzene rings is 1. The van der Waals surface area contributed by atoms with E-state index in [-0.39, 0.29) is 11.8 Å². The summed E-state index contributed by atoms with van der Waals surface area (Å²) in [6.07, 6.45) is 8.22. The number of hydrogen-bond acceptors (Lipinski definition) is 4. The number of hydrogen-bond donors (Lipinski definition) is 0. The SMILES string of the molecule is O=C(CN1CCCCC1)N1CCC[C@H](c2ncc(Cc3cccc(Cl)c3)o2)C1. The van der Waals surface area contributed by atoms with Gasteiger partial charge >= 0.3 is 0 Å². The van der Waals surface area contributed by atoms with Gasteiger partial charge in [0.05, 0.1) is 18.7 Å². The smallest absolute Gasteiger partial charge is 0.236 e. The third-order valence-corrected chi connectivity index (χ3v) is 6.00. The van der Waals surface area contributed by atoms with Crippen LogP contribution in [0.2, 0.25) is 5.02 Å². The lowest BCUT2D eigenvalue weighted by Gasteiger charge is -2.34. The Bertz CT molecular complexity index is 801. The summed E-state index contributed by atoms with van der Waals surface area (Å²) in [5, 5.41) is 0.729. The summed E-state index contributed by atoms with van der Waals surface area (Å²) in [6.45, 7) is 4.21. The van der Waals surface area contributed by atoms with Crippen molar-refractivity contribution in [2.75, 3.05) is 32.7 Å². The molecule has 150 valence electrons. The third kappa shape index (κ3) is 4.95. The molecule has 1 atom stereocenters. The molecule has 6 heteroatoms. The molecule has 2 saturated heterocycles. The highest BCUT2D eigenvalue weighted by atomic mass is 35.5. The number of likely N-dealkylation sites (tertiary alicyclic amines) is 2. The van der Waals surface area contributed by atoms with Gasteiger partial charge in [0.2, 0.25) is 5.91 Å². The van der Waals surface area contributed by atoms with Crippen molar-refractivity contribution in [3.05, 3.63) is 52.7 Å². The van der Waals surface area contributed by atoms with Gasteiger partial charge in [-0.3, -0.25) is 9.69 Å². The van der Waals surface area contributed by atoms with Crippen LogP contribution in [0, 0.1) is 0 Å². The topological polar surface area (TPSA) is 49.6 Å². The van der Waals surface area contributed by atoms with Crippen molar-refractivity contribution >= 4 is 17.5 Å². The van der Waals surface area contributed by atoms with E-state index in [0.717, 1.165) is 54.7 Å². The average Bonchev–Trinajstić information content (AvgIpc) is 3.17. The van der Waals surface area contributed by atoms with Crippen molar-refractivity contribution in [2.24, 2.45) is 0 Å². The molecule has 0 unspecified atom stereocenters. The first kappa shape index (κ1) is 19.5. The molecule has 0 N–H and O–H groups in total. The summed E-state index contributed by atoms with van der Waals surface area (Å²) in [5.41, 5.74) is 1.11. The Morgan fingerprint density at radius 3 is 2.86 bits per heavy atom. The quantitative estimate of drug-likeness (QED) is 0.756. The van der Waals surface area contributed by atoms with E-state index in [0.29, 0.717) is 19.5 Å². The second-order valence-corrected chi connectivity index (χ2v) is 8.42. The highest BCUT2D eigenvalue weighted by Crippen LogP contribution is 2.27. The van der Waals surface area contributed by atoms with Gasteiger partial charge in [0, 0.05) is 24.5 Å². The van der Waals surface area contributed by atoms with Crippen LogP contribution in [0.1, 0.15) is 55.2 Å². The zero-order valence-corrected chi connectivity index (χ0v) is 17.0. The Hall–Kier alpha value is -1.85. The highest BCUT2D eigenvalue weighted by molar-refractivity contribution is 6.30. The van der Waals surface area contributed by atoms with E-state index in [9.17, 15) is 4.79 Å². The maximum absolute atomic E-state index is 12.7. The zero-order valence-electron chi connectivity index (χ0n) is 16.3. The number of amides is 1. The lowest BCUT2D eigenvalue weighted by Crippen LogP contribution is -2.45. The van der Waals surface area contributed by atoms with Crippen LogP contribution in [0.3, 0.4) is 0 Å². The van der Waals surface area contributed by atoms with E-state index in [2.05, 4.69) is 9.88 Å². The molecule has 0 bridgehead atoms. The predicted octanol–water partition coefficient (Wildman–Crippen LogP) is 4.11. The highest BCUT2D eigenvalue weighted by Gasteiger charge is 2.28. The number of nitrogens with zero attached hydrogens (tertiary/aromatic N) is 3. The van der Waals surface area contributed by atoms with Crippen molar-refractivity contribution < 1.29 is 9.21 Å². The van der Waals surface area contributed by atoms with E-state index in [4.69, 9.17) is 16.0 Å². The molecular formula is C22H28ClN3O2. The molecule has 5 nitrogen and oxygen atoms in total. The van der Waals surface area contributed by atoms with Crippen molar-refractivity contribution in [1.82, 2.24) is 14.8 Å². The van der Waals surface area contributed by atoms with Gasteiger partial charge in [-0.05, 0) is 56.5 Å². The number of halogens is 1. The van der Waals surface area contributed by atoms with Gasteiger partial charge in [-0.2, -0.15) is 0 Å². The van der Waals surface area contributed by atoms with E-state index in [1.165, 1.54) is 19.3 Å². The lowest BCUT2D eigenvalue weighted by atomic mass is 9.98. The molecule has 28 heavy (non-hydrogen) atoms. The summed E-state index contributed by atoms with van der Waals surface area (Å²) in [7, 11) is 0. The van der Waals surface area contributed by atoms with Crippen LogP contribution in [-0.4, -0.2) is 53.4 Å². The van der Waals surface area contributed by atoms with Crippen LogP contribution in [0.15, 0.2) is 34.9 Å². The van der Waals surface area contributed by atoms with Gasteiger partial charge in [-0.25, -0.2) is 4.98 Å². The van der Waals surface area contributed by atoms with Crippen molar-refractivity contribution in [2.45, 2.75) is 44.4 Å². The Balaban J connectivity index is 1.35. The summed E-state index contributed by atoms with van der Waals surface area (Å²) in [6, 6.07) is 7.80. The van der Waals surface area contributed by atoms with Crippen LogP contribution < -0.4 is 0 Å². The van der Waals surface area contributed by atoms with Crippen LogP contribution in [0.5, 0.6) is 0 Å². The Morgan fingerprint density at radius 2 is 2.04 bits per heavy atom. The van der Waals surface area contributed by atoms with Gasteiger partial charge < -0.3 is 9.32 Å². The minimum absolute atomic E-state index is 0.187. The normalized spacial score (nSPS) is 21.0. The Kier molecular flexibility index (Phi) is 6.33. The molecule has 3 heterocycles. The first-order valence-electron chi connectivity index (χ1n) is 10.4. The zero-order chi connectivity index (χ0) is 19.3. The lowest BCUT2D eigenvalue weighted by molar-refractivity contribution is -0.134.